The standard InChI is InChI=1S/C22H21BrClN3O4/c1-2-30-19(28)22(26-20(29)25-17-9-7-16(24)8-10-17)12-21(13-22)11-18(27-31-21)14-3-5-15(23)6-4-14/h3-10H,2,11-13H2,1H3,(H2,25,26,29). The van der Waals surface area contributed by atoms with Crippen molar-refractivity contribution in [2.45, 2.75) is 37.3 Å². The quantitative estimate of drug-likeness (QED) is 0.566. The second-order valence-corrected chi connectivity index (χ2v) is 9.09. The fourth-order valence-corrected chi connectivity index (χ4v) is 4.41. The Labute approximate surface area is 193 Å². The number of nitrogens with zero attached hydrogens (tertiary/aromatic N) is 1. The van der Waals surface area contributed by atoms with E-state index in [1.165, 1.54) is 0 Å². The number of nitrogens with one attached hydrogen (secondary N) is 2. The number of carbonyl (C=O) groups excluding carboxylic acids is 2. The maximum atomic E-state index is 12.7. The molecule has 0 saturated heterocycles. The number of halogens is 2. The molecule has 7 nitrogen and oxygen atoms in total. The number of ether oxygens (including phenoxy) is 1. The van der Waals surface area contributed by atoms with Crippen molar-refractivity contribution in [3.63, 3.8) is 0 Å². The third-order valence-corrected chi connectivity index (χ3v) is 6.17. The van der Waals surface area contributed by atoms with Gasteiger partial charge in [0.1, 0.15) is 11.1 Å². The number of urea groups is 1. The Morgan fingerprint density at radius 2 is 1.84 bits per heavy atom. The van der Waals surface area contributed by atoms with Crippen molar-refractivity contribution in [1.29, 1.82) is 0 Å². The van der Waals surface area contributed by atoms with Crippen LogP contribution in [-0.2, 0) is 14.4 Å². The highest BCUT2D eigenvalue weighted by Crippen LogP contribution is 2.50. The molecule has 0 aromatic heterocycles. The lowest BCUT2D eigenvalue weighted by Crippen LogP contribution is -2.70. The average molecular weight is 507 g/mol. The van der Waals surface area contributed by atoms with Gasteiger partial charge in [-0.1, -0.05) is 44.8 Å². The number of oxime groups is 1. The van der Waals surface area contributed by atoms with Gasteiger partial charge in [-0.25, -0.2) is 9.59 Å². The van der Waals surface area contributed by atoms with Gasteiger partial charge in [0, 0.05) is 34.4 Å². The molecular weight excluding hydrogens is 486 g/mol. The molecule has 2 aromatic rings. The van der Waals surface area contributed by atoms with Crippen LogP contribution in [0.2, 0.25) is 5.02 Å². The summed E-state index contributed by atoms with van der Waals surface area (Å²) in [6, 6.07) is 14.0. The minimum atomic E-state index is -1.17. The van der Waals surface area contributed by atoms with Gasteiger partial charge in [-0.15, -0.1) is 0 Å². The highest BCUT2D eigenvalue weighted by Gasteiger charge is 2.64. The van der Waals surface area contributed by atoms with Crippen molar-refractivity contribution in [3.05, 3.63) is 63.6 Å². The van der Waals surface area contributed by atoms with Gasteiger partial charge in [-0.05, 0) is 48.9 Å². The van der Waals surface area contributed by atoms with E-state index < -0.39 is 23.1 Å². The molecule has 0 bridgehead atoms. The van der Waals surface area contributed by atoms with E-state index in [1.807, 2.05) is 24.3 Å². The maximum Gasteiger partial charge on any atom is 0.332 e. The zero-order valence-electron chi connectivity index (χ0n) is 16.8. The summed E-state index contributed by atoms with van der Waals surface area (Å²) in [4.78, 5) is 31.1. The number of esters is 1. The molecule has 31 heavy (non-hydrogen) atoms. The first-order valence-electron chi connectivity index (χ1n) is 9.86. The number of amides is 2. The summed E-state index contributed by atoms with van der Waals surface area (Å²) in [6.07, 6.45) is 1.10. The van der Waals surface area contributed by atoms with Gasteiger partial charge < -0.3 is 20.2 Å². The van der Waals surface area contributed by atoms with Crippen LogP contribution in [0.1, 0.15) is 31.7 Å². The second kappa shape index (κ2) is 8.51. The summed E-state index contributed by atoms with van der Waals surface area (Å²) in [6.45, 7) is 1.95. The monoisotopic (exact) mass is 505 g/mol. The Morgan fingerprint density at radius 3 is 2.48 bits per heavy atom. The number of benzene rings is 2. The molecule has 2 aliphatic rings. The Hall–Kier alpha value is -2.58. The van der Waals surface area contributed by atoms with Gasteiger partial charge in [0.05, 0.1) is 12.3 Å². The van der Waals surface area contributed by atoms with E-state index in [-0.39, 0.29) is 19.4 Å². The number of hydrogen-bond donors (Lipinski definition) is 2. The van der Waals surface area contributed by atoms with Gasteiger partial charge >= 0.3 is 12.0 Å². The van der Waals surface area contributed by atoms with Crippen LogP contribution in [0.3, 0.4) is 0 Å². The molecule has 0 atom stereocenters. The number of hydrogen-bond acceptors (Lipinski definition) is 5. The molecule has 0 radical (unpaired) electrons. The Balaban J connectivity index is 1.44. The second-order valence-electron chi connectivity index (χ2n) is 7.74. The lowest BCUT2D eigenvalue weighted by Gasteiger charge is -2.50. The first-order chi connectivity index (χ1) is 14.8. The molecule has 1 aliphatic heterocycles. The predicted molar refractivity (Wildman–Crippen MR) is 121 cm³/mol. The molecule has 2 N–H and O–H groups in total. The van der Waals surface area contributed by atoms with Gasteiger partial charge in [0.2, 0.25) is 0 Å². The van der Waals surface area contributed by atoms with Crippen LogP contribution in [0.5, 0.6) is 0 Å². The van der Waals surface area contributed by atoms with Crippen molar-refractivity contribution in [2.24, 2.45) is 5.16 Å². The van der Waals surface area contributed by atoms with Crippen LogP contribution >= 0.6 is 27.5 Å². The summed E-state index contributed by atoms with van der Waals surface area (Å²) in [5.74, 6) is -0.479. The molecule has 1 fully saturated rings. The molecule has 1 aliphatic carbocycles. The average Bonchev–Trinajstić information content (AvgIpc) is 3.15. The van der Waals surface area contributed by atoms with E-state index in [4.69, 9.17) is 21.2 Å². The van der Waals surface area contributed by atoms with Gasteiger partial charge in [0.25, 0.3) is 0 Å². The normalized spacial score (nSPS) is 24.0. The highest BCUT2D eigenvalue weighted by molar-refractivity contribution is 9.10. The van der Waals surface area contributed by atoms with Crippen molar-refractivity contribution >= 4 is 50.9 Å². The van der Waals surface area contributed by atoms with Crippen molar-refractivity contribution in [3.8, 4) is 0 Å². The van der Waals surface area contributed by atoms with Crippen LogP contribution in [0.15, 0.2) is 58.2 Å². The summed E-state index contributed by atoms with van der Waals surface area (Å²) in [5.41, 5.74) is 0.533. The highest BCUT2D eigenvalue weighted by atomic mass is 79.9. The SMILES string of the molecule is CCOC(=O)C1(NC(=O)Nc2ccc(Cl)cc2)CC2(CC(c3ccc(Br)cc3)=NO2)C1. The summed E-state index contributed by atoms with van der Waals surface area (Å²) in [7, 11) is 0. The van der Waals surface area contributed by atoms with Crippen LogP contribution in [-0.4, -0.2) is 35.5 Å². The number of rotatable bonds is 5. The van der Waals surface area contributed by atoms with E-state index in [9.17, 15) is 9.59 Å². The first kappa shape index (κ1) is 21.6. The molecule has 1 spiro atoms. The molecule has 9 heteroatoms. The molecule has 2 aromatic carbocycles. The zero-order valence-corrected chi connectivity index (χ0v) is 19.1. The first-order valence-corrected chi connectivity index (χ1v) is 11.0. The fourth-order valence-electron chi connectivity index (χ4n) is 4.02. The molecule has 4 rings (SSSR count). The van der Waals surface area contributed by atoms with Gasteiger partial charge in [-0.3, -0.25) is 0 Å². The van der Waals surface area contributed by atoms with Gasteiger partial charge in [-0.2, -0.15) is 0 Å². The van der Waals surface area contributed by atoms with E-state index >= 15 is 0 Å². The van der Waals surface area contributed by atoms with E-state index in [0.29, 0.717) is 17.1 Å². The molecule has 2 amide bonds. The summed E-state index contributed by atoms with van der Waals surface area (Å²) < 4.78 is 6.22. The molecule has 1 saturated carbocycles. The predicted octanol–water partition coefficient (Wildman–Crippen LogP) is 4.88. The van der Waals surface area contributed by atoms with Crippen LogP contribution in [0.25, 0.3) is 0 Å². The largest absolute Gasteiger partial charge is 0.464 e. The van der Waals surface area contributed by atoms with Crippen LogP contribution in [0, 0.1) is 0 Å². The van der Waals surface area contributed by atoms with E-state index in [1.54, 1.807) is 31.2 Å². The third-order valence-electron chi connectivity index (χ3n) is 5.39. The zero-order chi connectivity index (χ0) is 22.1. The molecule has 1 heterocycles. The smallest absolute Gasteiger partial charge is 0.332 e. The van der Waals surface area contributed by atoms with Crippen molar-refractivity contribution in [2.75, 3.05) is 11.9 Å². The third kappa shape index (κ3) is 4.55. The molecule has 162 valence electrons. The topological polar surface area (TPSA) is 89.0 Å². The number of anilines is 1. The lowest BCUT2D eigenvalue weighted by atomic mass is 9.62. The molecular formula is C22H21BrClN3O4. The van der Waals surface area contributed by atoms with Crippen molar-refractivity contribution in [1.82, 2.24) is 5.32 Å². The van der Waals surface area contributed by atoms with Crippen LogP contribution < -0.4 is 10.6 Å². The fraction of sp³-hybridized carbons (Fsp3) is 0.318. The van der Waals surface area contributed by atoms with E-state index in [2.05, 4.69) is 31.7 Å². The minimum Gasteiger partial charge on any atom is -0.464 e. The number of carbonyl (C=O) groups is 2. The lowest BCUT2D eigenvalue weighted by molar-refractivity contribution is -0.177. The Bertz CT molecular complexity index is 1020. The maximum absolute atomic E-state index is 12.7. The van der Waals surface area contributed by atoms with Gasteiger partial charge in [0.15, 0.2) is 0 Å². The van der Waals surface area contributed by atoms with Crippen molar-refractivity contribution < 1.29 is 19.2 Å². The summed E-state index contributed by atoms with van der Waals surface area (Å²) >= 11 is 9.30. The Kier molecular flexibility index (Phi) is 5.94. The van der Waals surface area contributed by atoms with E-state index in [0.717, 1.165) is 15.7 Å². The Morgan fingerprint density at radius 1 is 1.16 bits per heavy atom. The summed E-state index contributed by atoms with van der Waals surface area (Å²) in [5, 5.41) is 10.3. The molecule has 0 unspecified atom stereocenters. The van der Waals surface area contributed by atoms with Crippen LogP contribution in [0.4, 0.5) is 10.5 Å². The minimum absolute atomic E-state index is 0.218.